The zero-order chi connectivity index (χ0) is 20.2. The Hall–Kier alpha value is -2.90. The van der Waals surface area contributed by atoms with Gasteiger partial charge in [-0.2, -0.15) is 0 Å². The van der Waals surface area contributed by atoms with E-state index in [4.69, 9.17) is 0 Å². The van der Waals surface area contributed by atoms with Gasteiger partial charge in [-0.3, -0.25) is 19.8 Å². The third kappa shape index (κ3) is 4.45. The highest BCUT2D eigenvalue weighted by Gasteiger charge is 2.49. The molecule has 1 aliphatic heterocycles. The normalized spacial score (nSPS) is 19.2. The van der Waals surface area contributed by atoms with Crippen LogP contribution in [0, 0.1) is 0 Å². The first-order valence-electron chi connectivity index (χ1n) is 9.01. The van der Waals surface area contributed by atoms with Crippen LogP contribution in [0.1, 0.15) is 51.2 Å². The maximum atomic E-state index is 12.8. The highest BCUT2D eigenvalue weighted by molar-refractivity contribution is 6.10. The molecule has 3 N–H and O–H groups in total. The number of rotatable bonds is 6. The Morgan fingerprint density at radius 1 is 1.19 bits per heavy atom. The molecule has 0 aliphatic carbocycles. The van der Waals surface area contributed by atoms with Gasteiger partial charge in [-0.25, -0.2) is 9.59 Å². The lowest BCUT2D eigenvalue weighted by molar-refractivity contribution is -0.134. The summed E-state index contributed by atoms with van der Waals surface area (Å²) in [5.41, 5.74) is 0.499. The van der Waals surface area contributed by atoms with E-state index >= 15 is 0 Å². The first-order chi connectivity index (χ1) is 12.7. The van der Waals surface area contributed by atoms with Gasteiger partial charge >= 0.3 is 12.1 Å². The van der Waals surface area contributed by atoms with Crippen LogP contribution in [-0.2, 0) is 15.1 Å². The summed E-state index contributed by atoms with van der Waals surface area (Å²) < 4.78 is 0. The minimum Gasteiger partial charge on any atom is -0.338 e. The summed E-state index contributed by atoms with van der Waals surface area (Å²) in [4.78, 5) is 49.4. The molecule has 1 heterocycles. The van der Waals surface area contributed by atoms with Crippen molar-refractivity contribution < 1.29 is 19.2 Å². The predicted octanol–water partition coefficient (Wildman–Crippen LogP) is 1.81. The molecule has 8 nitrogen and oxygen atoms in total. The van der Waals surface area contributed by atoms with Crippen molar-refractivity contribution in [3.8, 4) is 0 Å². The lowest BCUT2D eigenvalue weighted by atomic mass is 9.90. The Balaban J connectivity index is 2.09. The zero-order valence-corrected chi connectivity index (χ0v) is 16.1. The van der Waals surface area contributed by atoms with Crippen LogP contribution >= 0.6 is 0 Å². The van der Waals surface area contributed by atoms with Crippen molar-refractivity contribution >= 4 is 23.9 Å². The molecule has 6 amide bonds. The highest BCUT2D eigenvalue weighted by atomic mass is 16.2. The molecule has 0 aromatic heterocycles. The van der Waals surface area contributed by atoms with Crippen LogP contribution in [-0.4, -0.2) is 41.9 Å². The standard InChI is InChI=1S/C19H26N4O4/c1-5-10-20-17(26)21-15(24)11-23-16(25)19(4,22-18(23)27)14-8-6-13(7-9-14)12(2)3/h6-9,12H,5,10-11H2,1-4H3,(H,22,27)(H2,20,21,24,26)/t19-/m1/s1. The van der Waals surface area contributed by atoms with E-state index in [-0.39, 0.29) is 0 Å². The fraction of sp³-hybridized carbons (Fsp3) is 0.474. The fourth-order valence-electron chi connectivity index (χ4n) is 2.83. The number of carbonyl (C=O) groups is 4. The van der Waals surface area contributed by atoms with E-state index < -0.39 is 36.0 Å². The number of imide groups is 2. The maximum Gasteiger partial charge on any atom is 0.325 e. The van der Waals surface area contributed by atoms with Gasteiger partial charge in [0.15, 0.2) is 0 Å². The summed E-state index contributed by atoms with van der Waals surface area (Å²) in [6.07, 6.45) is 0.725. The molecular formula is C19H26N4O4. The third-order valence-corrected chi connectivity index (χ3v) is 4.52. The monoisotopic (exact) mass is 374 g/mol. The summed E-state index contributed by atoms with van der Waals surface area (Å²) >= 11 is 0. The zero-order valence-electron chi connectivity index (χ0n) is 16.1. The minimum absolute atomic E-state index is 0.347. The predicted molar refractivity (Wildman–Crippen MR) is 100.0 cm³/mol. The number of hydrogen-bond donors (Lipinski definition) is 3. The number of carbonyl (C=O) groups excluding carboxylic acids is 4. The van der Waals surface area contributed by atoms with Crippen molar-refractivity contribution in [2.45, 2.75) is 45.6 Å². The van der Waals surface area contributed by atoms with Crippen LogP contribution in [0.3, 0.4) is 0 Å². The average Bonchev–Trinajstić information content (AvgIpc) is 2.84. The third-order valence-electron chi connectivity index (χ3n) is 4.52. The van der Waals surface area contributed by atoms with E-state index in [1.54, 1.807) is 19.1 Å². The Bertz CT molecular complexity index is 745. The van der Waals surface area contributed by atoms with Crippen molar-refractivity contribution in [1.82, 2.24) is 20.9 Å². The molecule has 0 unspecified atom stereocenters. The molecule has 146 valence electrons. The number of nitrogens with one attached hydrogen (secondary N) is 3. The molecule has 0 bridgehead atoms. The van der Waals surface area contributed by atoms with Crippen molar-refractivity contribution in [3.05, 3.63) is 35.4 Å². The quantitative estimate of drug-likeness (QED) is 0.660. The van der Waals surface area contributed by atoms with Crippen LogP contribution < -0.4 is 16.0 Å². The lowest BCUT2D eigenvalue weighted by Gasteiger charge is -2.22. The van der Waals surface area contributed by atoms with E-state index in [0.29, 0.717) is 18.0 Å². The lowest BCUT2D eigenvalue weighted by Crippen LogP contribution is -2.47. The van der Waals surface area contributed by atoms with Gasteiger partial charge in [-0.15, -0.1) is 0 Å². The van der Waals surface area contributed by atoms with E-state index in [1.165, 1.54) is 0 Å². The number of hydrogen-bond acceptors (Lipinski definition) is 4. The van der Waals surface area contributed by atoms with Gasteiger partial charge in [-0.05, 0) is 30.4 Å². The molecule has 0 saturated carbocycles. The topological polar surface area (TPSA) is 108 Å². The number of nitrogens with zero attached hydrogens (tertiary/aromatic N) is 1. The Morgan fingerprint density at radius 3 is 2.37 bits per heavy atom. The van der Waals surface area contributed by atoms with E-state index in [1.807, 2.05) is 19.1 Å². The second-order valence-corrected chi connectivity index (χ2v) is 7.03. The number of urea groups is 2. The summed E-state index contributed by atoms with van der Waals surface area (Å²) in [6, 6.07) is 6.11. The molecule has 0 spiro atoms. The summed E-state index contributed by atoms with van der Waals surface area (Å²) in [5.74, 6) is -0.916. The largest absolute Gasteiger partial charge is 0.338 e. The second-order valence-electron chi connectivity index (χ2n) is 7.03. The van der Waals surface area contributed by atoms with Gasteiger partial charge in [0.05, 0.1) is 0 Å². The minimum atomic E-state index is -1.25. The smallest absolute Gasteiger partial charge is 0.325 e. The molecule has 8 heteroatoms. The van der Waals surface area contributed by atoms with Crippen molar-refractivity contribution in [2.24, 2.45) is 0 Å². The summed E-state index contributed by atoms with van der Waals surface area (Å²) in [7, 11) is 0. The molecule has 1 aromatic rings. The average molecular weight is 374 g/mol. The van der Waals surface area contributed by atoms with Gasteiger partial charge in [0.1, 0.15) is 12.1 Å². The molecular weight excluding hydrogens is 348 g/mol. The van der Waals surface area contributed by atoms with Gasteiger partial charge in [0.2, 0.25) is 5.91 Å². The van der Waals surface area contributed by atoms with Gasteiger partial charge in [0.25, 0.3) is 5.91 Å². The number of benzene rings is 1. The fourth-order valence-corrected chi connectivity index (χ4v) is 2.83. The van der Waals surface area contributed by atoms with E-state index in [0.717, 1.165) is 16.9 Å². The van der Waals surface area contributed by atoms with Crippen LogP contribution in [0.15, 0.2) is 24.3 Å². The molecule has 2 rings (SSSR count). The Morgan fingerprint density at radius 2 is 1.81 bits per heavy atom. The second kappa shape index (κ2) is 8.20. The van der Waals surface area contributed by atoms with E-state index in [2.05, 4.69) is 29.8 Å². The molecule has 1 aliphatic rings. The van der Waals surface area contributed by atoms with Crippen LogP contribution in [0.25, 0.3) is 0 Å². The van der Waals surface area contributed by atoms with Gasteiger partial charge in [-0.1, -0.05) is 45.0 Å². The molecule has 0 radical (unpaired) electrons. The summed E-state index contributed by atoms with van der Waals surface area (Å²) in [6.45, 7) is 7.51. The molecule has 1 aromatic carbocycles. The van der Waals surface area contributed by atoms with Crippen molar-refractivity contribution in [1.29, 1.82) is 0 Å². The van der Waals surface area contributed by atoms with Gasteiger partial charge < -0.3 is 10.6 Å². The molecule has 1 atom stereocenters. The Kier molecular flexibility index (Phi) is 6.20. The molecule has 1 saturated heterocycles. The first kappa shape index (κ1) is 20.4. The van der Waals surface area contributed by atoms with Crippen LogP contribution in [0.2, 0.25) is 0 Å². The van der Waals surface area contributed by atoms with Crippen molar-refractivity contribution in [2.75, 3.05) is 13.1 Å². The van der Waals surface area contributed by atoms with Crippen LogP contribution in [0.4, 0.5) is 9.59 Å². The first-order valence-corrected chi connectivity index (χ1v) is 9.01. The van der Waals surface area contributed by atoms with Crippen LogP contribution in [0.5, 0.6) is 0 Å². The SMILES string of the molecule is CCCNC(=O)NC(=O)CN1C(=O)N[C@](C)(c2ccc(C(C)C)cc2)C1=O. The molecule has 27 heavy (non-hydrogen) atoms. The molecule has 1 fully saturated rings. The number of amides is 6. The summed E-state index contributed by atoms with van der Waals surface area (Å²) in [5, 5.41) is 7.24. The Labute approximate surface area is 158 Å². The van der Waals surface area contributed by atoms with Gasteiger partial charge in [0, 0.05) is 6.54 Å². The van der Waals surface area contributed by atoms with E-state index in [9.17, 15) is 19.2 Å². The maximum absolute atomic E-state index is 12.8. The van der Waals surface area contributed by atoms with Crippen molar-refractivity contribution in [3.63, 3.8) is 0 Å². The highest BCUT2D eigenvalue weighted by Crippen LogP contribution is 2.29.